The summed E-state index contributed by atoms with van der Waals surface area (Å²) in [6.07, 6.45) is 4.28. The second kappa shape index (κ2) is 8.39. The van der Waals surface area contributed by atoms with Gasteiger partial charge < -0.3 is 0 Å². The molecule has 0 N–H and O–H groups in total. The van der Waals surface area contributed by atoms with E-state index in [0.717, 1.165) is 25.7 Å². The molecule has 0 aliphatic heterocycles. The standard InChI is InChI=1S/C14H19ClO4S/c1-2-3-4-5-6-13(16)11-19-20(17,18)14-9-7-12(15)8-10-14/h7-10H,2-6,11H2,1H3. The molecule has 0 spiro atoms. The van der Waals surface area contributed by atoms with Crippen LogP contribution < -0.4 is 0 Å². The Kier molecular flexibility index (Phi) is 7.19. The first-order valence-electron chi connectivity index (χ1n) is 6.62. The zero-order chi connectivity index (χ0) is 15.0. The summed E-state index contributed by atoms with van der Waals surface area (Å²) in [5.41, 5.74) is 0. The highest BCUT2D eigenvalue weighted by Gasteiger charge is 2.16. The number of unbranched alkanes of at least 4 members (excludes halogenated alkanes) is 3. The van der Waals surface area contributed by atoms with Crippen molar-refractivity contribution in [1.82, 2.24) is 0 Å². The van der Waals surface area contributed by atoms with E-state index in [1.807, 2.05) is 0 Å². The third kappa shape index (κ3) is 6.03. The van der Waals surface area contributed by atoms with Crippen molar-refractivity contribution in [2.24, 2.45) is 0 Å². The molecular weight excluding hydrogens is 300 g/mol. The maximum absolute atomic E-state index is 11.8. The van der Waals surface area contributed by atoms with Crippen LogP contribution in [0, 0.1) is 0 Å². The van der Waals surface area contributed by atoms with Gasteiger partial charge in [-0.2, -0.15) is 8.42 Å². The quantitative estimate of drug-likeness (QED) is 0.515. The van der Waals surface area contributed by atoms with E-state index in [4.69, 9.17) is 15.8 Å². The molecule has 0 aliphatic rings. The maximum Gasteiger partial charge on any atom is 0.297 e. The van der Waals surface area contributed by atoms with Crippen LogP contribution in [0.3, 0.4) is 0 Å². The molecule has 0 radical (unpaired) electrons. The van der Waals surface area contributed by atoms with E-state index in [2.05, 4.69) is 6.92 Å². The average Bonchev–Trinajstić information content (AvgIpc) is 2.42. The highest BCUT2D eigenvalue weighted by atomic mass is 35.5. The monoisotopic (exact) mass is 318 g/mol. The fourth-order valence-corrected chi connectivity index (χ4v) is 2.65. The Hall–Kier alpha value is -0.910. The van der Waals surface area contributed by atoms with Gasteiger partial charge in [-0.1, -0.05) is 37.8 Å². The Labute approximate surface area is 125 Å². The molecule has 0 fully saturated rings. The van der Waals surface area contributed by atoms with Crippen LogP contribution in [0.15, 0.2) is 29.2 Å². The van der Waals surface area contributed by atoms with Gasteiger partial charge in [0.2, 0.25) is 0 Å². The van der Waals surface area contributed by atoms with Crippen molar-refractivity contribution >= 4 is 27.5 Å². The van der Waals surface area contributed by atoms with Crippen molar-refractivity contribution in [2.45, 2.75) is 43.9 Å². The van der Waals surface area contributed by atoms with Gasteiger partial charge in [0.05, 0.1) is 4.90 Å². The molecule has 20 heavy (non-hydrogen) atoms. The number of halogens is 1. The molecule has 0 saturated heterocycles. The molecule has 1 rings (SSSR count). The number of carbonyl (C=O) groups excluding carboxylic acids is 1. The Morgan fingerprint density at radius 3 is 2.40 bits per heavy atom. The number of hydrogen-bond donors (Lipinski definition) is 0. The molecule has 4 nitrogen and oxygen atoms in total. The van der Waals surface area contributed by atoms with Gasteiger partial charge in [0.1, 0.15) is 6.61 Å². The molecule has 0 saturated carbocycles. The van der Waals surface area contributed by atoms with Gasteiger partial charge in [0.25, 0.3) is 10.1 Å². The molecule has 6 heteroatoms. The van der Waals surface area contributed by atoms with E-state index < -0.39 is 16.7 Å². The van der Waals surface area contributed by atoms with Gasteiger partial charge in [-0.05, 0) is 30.7 Å². The summed E-state index contributed by atoms with van der Waals surface area (Å²) in [5, 5.41) is 0.441. The summed E-state index contributed by atoms with van der Waals surface area (Å²) in [5.74, 6) is -0.196. The van der Waals surface area contributed by atoms with Crippen LogP contribution in [-0.2, 0) is 19.1 Å². The van der Waals surface area contributed by atoms with Crippen molar-refractivity contribution in [2.75, 3.05) is 6.61 Å². The van der Waals surface area contributed by atoms with Gasteiger partial charge in [-0.3, -0.25) is 8.98 Å². The molecule has 112 valence electrons. The van der Waals surface area contributed by atoms with Crippen LogP contribution in [0.4, 0.5) is 0 Å². The SMILES string of the molecule is CCCCCCC(=O)COS(=O)(=O)c1ccc(Cl)cc1. The largest absolute Gasteiger partial charge is 0.297 e. The molecule has 1 aromatic rings. The molecule has 0 aliphatic carbocycles. The van der Waals surface area contributed by atoms with Crippen LogP contribution in [-0.4, -0.2) is 20.8 Å². The second-order valence-electron chi connectivity index (χ2n) is 4.52. The van der Waals surface area contributed by atoms with E-state index >= 15 is 0 Å². The molecule has 0 atom stereocenters. The molecule has 0 aromatic heterocycles. The highest BCUT2D eigenvalue weighted by molar-refractivity contribution is 7.86. The molecule has 0 heterocycles. The average molecular weight is 319 g/mol. The Morgan fingerprint density at radius 1 is 1.15 bits per heavy atom. The molecule has 1 aromatic carbocycles. The zero-order valence-corrected chi connectivity index (χ0v) is 13.0. The topological polar surface area (TPSA) is 60.4 Å². The van der Waals surface area contributed by atoms with Crippen molar-refractivity contribution < 1.29 is 17.4 Å². The predicted molar refractivity (Wildman–Crippen MR) is 78.4 cm³/mol. The lowest BCUT2D eigenvalue weighted by Crippen LogP contribution is -2.14. The minimum absolute atomic E-state index is 0.000632. The van der Waals surface area contributed by atoms with Crippen LogP contribution in [0.2, 0.25) is 5.02 Å². The first-order valence-corrected chi connectivity index (χ1v) is 8.41. The summed E-state index contributed by atoms with van der Waals surface area (Å²) in [7, 11) is -3.89. The van der Waals surface area contributed by atoms with Crippen LogP contribution in [0.5, 0.6) is 0 Å². The summed E-state index contributed by atoms with van der Waals surface area (Å²) in [4.78, 5) is 11.5. The zero-order valence-electron chi connectivity index (χ0n) is 11.5. The van der Waals surface area contributed by atoms with E-state index in [-0.39, 0.29) is 10.7 Å². The number of ketones is 1. The number of carbonyl (C=O) groups is 1. The first kappa shape index (κ1) is 17.1. The fraction of sp³-hybridized carbons (Fsp3) is 0.500. The fourth-order valence-electron chi connectivity index (χ4n) is 1.63. The molecule has 0 unspecified atom stereocenters. The maximum atomic E-state index is 11.8. The summed E-state index contributed by atoms with van der Waals surface area (Å²) in [6.45, 7) is 1.68. The Morgan fingerprint density at radius 2 is 1.80 bits per heavy atom. The second-order valence-corrected chi connectivity index (χ2v) is 6.57. The number of rotatable bonds is 9. The van der Waals surface area contributed by atoms with Gasteiger partial charge in [0, 0.05) is 11.4 Å². The van der Waals surface area contributed by atoms with E-state index in [1.165, 1.54) is 24.3 Å². The lowest BCUT2D eigenvalue weighted by molar-refractivity contribution is -0.121. The summed E-state index contributed by atoms with van der Waals surface area (Å²) in [6, 6.07) is 5.63. The first-order chi connectivity index (χ1) is 9.45. The molecule has 0 bridgehead atoms. The number of benzene rings is 1. The Bertz CT molecular complexity index is 523. The highest BCUT2D eigenvalue weighted by Crippen LogP contribution is 2.16. The lowest BCUT2D eigenvalue weighted by atomic mass is 10.1. The van der Waals surface area contributed by atoms with Crippen molar-refractivity contribution in [1.29, 1.82) is 0 Å². The van der Waals surface area contributed by atoms with E-state index in [1.54, 1.807) is 0 Å². The van der Waals surface area contributed by atoms with Crippen molar-refractivity contribution in [3.8, 4) is 0 Å². The number of hydrogen-bond acceptors (Lipinski definition) is 4. The normalized spacial score (nSPS) is 11.5. The van der Waals surface area contributed by atoms with E-state index in [0.29, 0.717) is 11.4 Å². The van der Waals surface area contributed by atoms with Gasteiger partial charge in [-0.25, -0.2) is 0 Å². The minimum Gasteiger partial charge on any atom is -0.297 e. The van der Waals surface area contributed by atoms with Crippen LogP contribution in [0.1, 0.15) is 39.0 Å². The predicted octanol–water partition coefficient (Wildman–Crippen LogP) is 3.58. The molecule has 0 amide bonds. The van der Waals surface area contributed by atoms with Crippen molar-refractivity contribution in [3.05, 3.63) is 29.3 Å². The minimum atomic E-state index is -3.89. The van der Waals surface area contributed by atoms with Crippen LogP contribution >= 0.6 is 11.6 Å². The van der Waals surface area contributed by atoms with E-state index in [9.17, 15) is 13.2 Å². The van der Waals surface area contributed by atoms with Gasteiger partial charge >= 0.3 is 0 Å². The van der Waals surface area contributed by atoms with Gasteiger partial charge in [-0.15, -0.1) is 0 Å². The Balaban J connectivity index is 2.43. The number of Topliss-reactive ketones (excluding diaryl/α,β-unsaturated/α-hetero) is 1. The van der Waals surface area contributed by atoms with Crippen molar-refractivity contribution in [3.63, 3.8) is 0 Å². The van der Waals surface area contributed by atoms with Crippen LogP contribution in [0.25, 0.3) is 0 Å². The summed E-state index contributed by atoms with van der Waals surface area (Å²) < 4.78 is 28.4. The van der Waals surface area contributed by atoms with Gasteiger partial charge in [0.15, 0.2) is 5.78 Å². The lowest BCUT2D eigenvalue weighted by Gasteiger charge is -2.05. The summed E-state index contributed by atoms with van der Waals surface area (Å²) >= 11 is 5.68. The third-order valence-corrected chi connectivity index (χ3v) is 4.32. The third-order valence-electron chi connectivity index (χ3n) is 2.79. The molecular formula is C14H19ClO4S. The smallest absolute Gasteiger partial charge is 0.297 e.